The van der Waals surface area contributed by atoms with Crippen LogP contribution in [-0.4, -0.2) is 41.3 Å². The smallest absolute Gasteiger partial charge is 0.303 e. The summed E-state index contributed by atoms with van der Waals surface area (Å²) in [6.45, 7) is 9.45. The maximum Gasteiger partial charge on any atom is 0.303 e. The minimum Gasteiger partial charge on any atom is -0.455 e. The lowest BCUT2D eigenvalue weighted by Gasteiger charge is -2.23. The maximum absolute atomic E-state index is 12.5. The molecule has 5 heteroatoms. The van der Waals surface area contributed by atoms with Crippen LogP contribution in [0.15, 0.2) is 46.6 Å². The zero-order valence-electron chi connectivity index (χ0n) is 18.3. The van der Waals surface area contributed by atoms with Crippen molar-refractivity contribution >= 4 is 11.8 Å². The molecule has 29 heavy (non-hydrogen) atoms. The third kappa shape index (κ3) is 6.25. The van der Waals surface area contributed by atoms with Crippen LogP contribution in [0.5, 0.6) is 0 Å². The number of esters is 1. The molecule has 2 rings (SSSR count). The highest BCUT2D eigenvalue weighted by atomic mass is 16.7. The Hall–Kier alpha value is -1.98. The Bertz CT molecular complexity index is 751. The number of aliphatic hydroxyl groups excluding tert-OH is 1. The summed E-state index contributed by atoms with van der Waals surface area (Å²) in [6.07, 6.45) is 11.3. The summed E-state index contributed by atoms with van der Waals surface area (Å²) < 4.78 is 11.0. The van der Waals surface area contributed by atoms with Crippen molar-refractivity contribution in [1.82, 2.24) is 0 Å². The Labute approximate surface area is 174 Å². The van der Waals surface area contributed by atoms with E-state index in [9.17, 15) is 14.7 Å². The van der Waals surface area contributed by atoms with Crippen LogP contribution in [0, 0.1) is 0 Å². The zero-order chi connectivity index (χ0) is 21.6. The fourth-order valence-electron chi connectivity index (χ4n) is 3.65. The molecule has 1 heterocycles. The number of aliphatic hydroxyl groups is 1. The van der Waals surface area contributed by atoms with Crippen LogP contribution < -0.4 is 0 Å². The van der Waals surface area contributed by atoms with Crippen molar-refractivity contribution < 1.29 is 24.2 Å². The molecule has 0 amide bonds. The third-order valence-electron chi connectivity index (χ3n) is 5.47. The van der Waals surface area contributed by atoms with Gasteiger partial charge in [0.05, 0.1) is 6.61 Å². The van der Waals surface area contributed by atoms with Gasteiger partial charge in [0.15, 0.2) is 17.5 Å². The number of allylic oxidation sites excluding steroid dienone is 5. The van der Waals surface area contributed by atoms with E-state index >= 15 is 0 Å². The quantitative estimate of drug-likeness (QED) is 0.334. The second-order valence-electron chi connectivity index (χ2n) is 8.36. The lowest BCUT2D eigenvalue weighted by Crippen LogP contribution is -2.40. The van der Waals surface area contributed by atoms with E-state index in [0.29, 0.717) is 12.0 Å². The molecule has 1 fully saturated rings. The molecule has 1 aliphatic carbocycles. The summed E-state index contributed by atoms with van der Waals surface area (Å²) in [4.78, 5) is 23.9. The lowest BCUT2D eigenvalue weighted by molar-refractivity contribution is -0.146. The molecule has 0 radical (unpaired) electrons. The predicted molar refractivity (Wildman–Crippen MR) is 113 cm³/mol. The Kier molecular flexibility index (Phi) is 8.17. The van der Waals surface area contributed by atoms with Crippen molar-refractivity contribution in [3.05, 3.63) is 46.6 Å². The first-order valence-corrected chi connectivity index (χ1v) is 10.3. The summed E-state index contributed by atoms with van der Waals surface area (Å²) in [5.74, 6) is -0.611. The van der Waals surface area contributed by atoms with Crippen molar-refractivity contribution in [2.45, 2.75) is 84.5 Å². The van der Waals surface area contributed by atoms with Gasteiger partial charge in [0.2, 0.25) is 0 Å². The number of carbonyl (C=O) groups excluding carboxylic acids is 2. The van der Waals surface area contributed by atoms with E-state index in [4.69, 9.17) is 9.47 Å². The third-order valence-corrected chi connectivity index (χ3v) is 5.47. The fourth-order valence-corrected chi connectivity index (χ4v) is 3.65. The number of hydrogen-bond acceptors (Lipinski definition) is 5. The van der Waals surface area contributed by atoms with Gasteiger partial charge in [-0.15, -0.1) is 0 Å². The van der Waals surface area contributed by atoms with Crippen LogP contribution in [0.1, 0.15) is 66.7 Å². The second kappa shape index (κ2) is 10.2. The zero-order valence-corrected chi connectivity index (χ0v) is 18.3. The minimum absolute atomic E-state index is 0.158. The van der Waals surface area contributed by atoms with Crippen LogP contribution in [-0.2, 0) is 19.1 Å². The Morgan fingerprint density at radius 2 is 1.72 bits per heavy atom. The van der Waals surface area contributed by atoms with Crippen molar-refractivity contribution in [2.75, 3.05) is 6.61 Å². The van der Waals surface area contributed by atoms with Crippen molar-refractivity contribution in [3.63, 3.8) is 0 Å². The summed E-state index contributed by atoms with van der Waals surface area (Å²) in [5, 5.41) is 9.47. The van der Waals surface area contributed by atoms with Crippen molar-refractivity contribution in [2.24, 2.45) is 0 Å². The van der Waals surface area contributed by atoms with Gasteiger partial charge in [0.1, 0.15) is 6.10 Å². The monoisotopic (exact) mass is 402 g/mol. The maximum atomic E-state index is 12.5. The number of hydrogen-bond donors (Lipinski definition) is 1. The molecule has 1 N–H and O–H groups in total. The van der Waals surface area contributed by atoms with E-state index in [2.05, 4.69) is 39.8 Å². The van der Waals surface area contributed by atoms with E-state index in [-0.39, 0.29) is 12.4 Å². The Balaban J connectivity index is 1.90. The molecule has 0 aromatic rings. The van der Waals surface area contributed by atoms with Crippen LogP contribution in [0.4, 0.5) is 0 Å². The van der Waals surface area contributed by atoms with Gasteiger partial charge < -0.3 is 14.6 Å². The number of fused-ring (bicyclic) bond motifs is 1. The van der Waals surface area contributed by atoms with E-state index < -0.39 is 23.8 Å². The van der Waals surface area contributed by atoms with Crippen LogP contribution in [0.25, 0.3) is 0 Å². The first kappa shape index (κ1) is 23.3. The normalized spacial score (nSPS) is 26.6. The standard InChI is InChI=1S/C24H34O5/c1-16(2)8-6-9-17(3)10-7-11-18(4)12-13-24-21(27)14-20(15-25)22(23(24)29-24)28-19(5)26/h8,10,12,14,22-23,25H,6-7,9,11,13,15H2,1-5H3/b17-10+,18-12+/t22-,23-,24+/m0/s1. The highest BCUT2D eigenvalue weighted by Crippen LogP contribution is 2.49. The number of rotatable bonds is 10. The molecular weight excluding hydrogens is 368 g/mol. The summed E-state index contributed by atoms with van der Waals surface area (Å²) in [5.41, 5.74) is 3.41. The van der Waals surface area contributed by atoms with Crippen LogP contribution in [0.3, 0.4) is 0 Å². The number of ether oxygens (including phenoxy) is 2. The largest absolute Gasteiger partial charge is 0.455 e. The summed E-state index contributed by atoms with van der Waals surface area (Å²) >= 11 is 0. The molecule has 0 aromatic carbocycles. The average Bonchev–Trinajstić information content (AvgIpc) is 3.38. The molecule has 0 bridgehead atoms. The Morgan fingerprint density at radius 1 is 1.10 bits per heavy atom. The van der Waals surface area contributed by atoms with Gasteiger partial charge in [-0.3, -0.25) is 9.59 Å². The van der Waals surface area contributed by atoms with E-state index in [1.807, 2.05) is 6.08 Å². The molecule has 1 saturated heterocycles. The SMILES string of the molecule is CC(=O)O[C@H]1C(CO)=CC(=O)[C@@]2(C/C=C(\C)CC/C=C(\C)CCC=C(C)C)O[C@@H]12. The van der Waals surface area contributed by atoms with Gasteiger partial charge in [0, 0.05) is 18.9 Å². The van der Waals surface area contributed by atoms with Crippen molar-refractivity contribution in [1.29, 1.82) is 0 Å². The first-order valence-electron chi connectivity index (χ1n) is 10.3. The molecular formula is C24H34O5. The van der Waals surface area contributed by atoms with Crippen LogP contribution >= 0.6 is 0 Å². The molecule has 2 aliphatic rings. The van der Waals surface area contributed by atoms with Gasteiger partial charge in [0.25, 0.3) is 0 Å². The van der Waals surface area contributed by atoms with Gasteiger partial charge in [-0.05, 0) is 59.5 Å². The van der Waals surface area contributed by atoms with Gasteiger partial charge in [-0.2, -0.15) is 0 Å². The molecule has 3 atom stereocenters. The highest BCUT2D eigenvalue weighted by Gasteiger charge is 2.67. The van der Waals surface area contributed by atoms with Gasteiger partial charge >= 0.3 is 5.97 Å². The van der Waals surface area contributed by atoms with E-state index in [1.54, 1.807) is 0 Å². The highest BCUT2D eigenvalue weighted by molar-refractivity contribution is 6.02. The average molecular weight is 403 g/mol. The molecule has 5 nitrogen and oxygen atoms in total. The van der Waals surface area contributed by atoms with Gasteiger partial charge in [-0.25, -0.2) is 0 Å². The number of epoxide rings is 1. The van der Waals surface area contributed by atoms with Crippen LogP contribution in [0.2, 0.25) is 0 Å². The topological polar surface area (TPSA) is 76.1 Å². The molecule has 160 valence electrons. The van der Waals surface area contributed by atoms with Gasteiger partial charge in [-0.1, -0.05) is 34.9 Å². The van der Waals surface area contributed by atoms with E-state index in [1.165, 1.54) is 29.7 Å². The molecule has 0 aromatic heterocycles. The second-order valence-corrected chi connectivity index (χ2v) is 8.36. The summed E-state index contributed by atoms with van der Waals surface area (Å²) in [7, 11) is 0. The fraction of sp³-hybridized carbons (Fsp3) is 0.583. The first-order chi connectivity index (χ1) is 13.7. The Morgan fingerprint density at radius 3 is 2.31 bits per heavy atom. The molecule has 0 spiro atoms. The summed E-state index contributed by atoms with van der Waals surface area (Å²) in [6, 6.07) is 0. The molecule has 0 unspecified atom stereocenters. The minimum atomic E-state index is -0.948. The van der Waals surface area contributed by atoms with Crippen molar-refractivity contribution in [3.8, 4) is 0 Å². The molecule has 1 aliphatic heterocycles. The lowest BCUT2D eigenvalue weighted by atomic mass is 9.83. The molecule has 0 saturated carbocycles. The number of ketones is 1. The number of carbonyl (C=O) groups is 2. The predicted octanol–water partition coefficient (Wildman–Crippen LogP) is 4.37. The van der Waals surface area contributed by atoms with E-state index in [0.717, 1.165) is 25.7 Å².